The van der Waals surface area contributed by atoms with E-state index in [0.717, 1.165) is 69.3 Å². The van der Waals surface area contributed by atoms with Crippen molar-refractivity contribution < 1.29 is 4.74 Å². The van der Waals surface area contributed by atoms with Crippen molar-refractivity contribution in [1.29, 1.82) is 5.26 Å². The molecule has 11 rings (SSSR count). The second-order valence-electron chi connectivity index (χ2n) is 20.5. The van der Waals surface area contributed by atoms with E-state index >= 15 is 0 Å². The minimum absolute atomic E-state index is 0.00850. The largest absolute Gasteiger partial charge is 0.493 e. The smallest absolute Gasteiger partial charge is 0.145 e. The van der Waals surface area contributed by atoms with E-state index in [1.807, 2.05) is 6.20 Å². The van der Waals surface area contributed by atoms with Gasteiger partial charge < -0.3 is 4.74 Å². The zero-order valence-corrected chi connectivity index (χ0v) is 35.2. The van der Waals surface area contributed by atoms with Gasteiger partial charge in [-0.15, -0.1) is 0 Å². The number of nitriles is 1. The Labute approximate surface area is 334 Å². The quantitative estimate of drug-likeness (QED) is 0.176. The Kier molecular flexibility index (Phi) is 6.33. The van der Waals surface area contributed by atoms with Crippen molar-refractivity contribution in [2.75, 3.05) is 6.61 Å². The van der Waals surface area contributed by atoms with Crippen molar-refractivity contribution in [3.05, 3.63) is 112 Å². The molecule has 4 aromatic heterocycles. The third-order valence-corrected chi connectivity index (χ3v) is 17.3. The molecule has 3 aliphatic rings. The predicted molar refractivity (Wildman–Crippen MR) is 232 cm³/mol. The highest BCUT2D eigenvalue weighted by Gasteiger charge is 2.60. The van der Waals surface area contributed by atoms with Gasteiger partial charge in [0, 0.05) is 40.5 Å². The van der Waals surface area contributed by atoms with Crippen molar-refractivity contribution in [2.24, 2.45) is 10.8 Å². The van der Waals surface area contributed by atoms with Gasteiger partial charge in [-0.25, -0.2) is 9.97 Å². The van der Waals surface area contributed by atoms with Gasteiger partial charge in [0.25, 0.3) is 0 Å². The molecule has 6 heteroatoms. The van der Waals surface area contributed by atoms with Crippen LogP contribution in [0.15, 0.2) is 73.1 Å². The summed E-state index contributed by atoms with van der Waals surface area (Å²) in [6.07, 6.45) is 6.02. The first-order valence-electron chi connectivity index (χ1n) is 20.7. The second-order valence-corrected chi connectivity index (χ2v) is 20.5. The van der Waals surface area contributed by atoms with Gasteiger partial charge in [-0.2, -0.15) is 5.26 Å². The molecule has 1 atom stereocenters. The van der Waals surface area contributed by atoms with Crippen LogP contribution in [-0.2, 0) is 34.5 Å². The summed E-state index contributed by atoms with van der Waals surface area (Å²) in [5, 5.41) is 15.0. The van der Waals surface area contributed by atoms with Crippen LogP contribution in [0.4, 0.5) is 0 Å². The molecule has 1 aliphatic heterocycles. The Hall–Kier alpha value is -5.41. The second kappa shape index (κ2) is 10.4. The van der Waals surface area contributed by atoms with Gasteiger partial charge >= 0.3 is 0 Å². The van der Waals surface area contributed by atoms with Crippen LogP contribution in [-0.4, -0.2) is 25.4 Å². The summed E-state index contributed by atoms with van der Waals surface area (Å²) in [7, 11) is 0. The molecule has 0 amide bonds. The maximum Gasteiger partial charge on any atom is 0.145 e. The number of hydrogen-bond donors (Lipinski definition) is 0. The van der Waals surface area contributed by atoms with Crippen LogP contribution in [0.2, 0.25) is 0 Å². The molecule has 4 aromatic carbocycles. The predicted octanol–water partition coefficient (Wildman–Crippen LogP) is 11.8. The Morgan fingerprint density at radius 2 is 1.19 bits per heavy atom. The van der Waals surface area contributed by atoms with E-state index < -0.39 is 0 Å². The number of imidazole rings is 2. The van der Waals surface area contributed by atoms with Crippen molar-refractivity contribution in [1.82, 2.24) is 18.8 Å². The Bertz CT molecular complexity index is 3200. The fourth-order valence-electron chi connectivity index (χ4n) is 11.9. The van der Waals surface area contributed by atoms with Gasteiger partial charge in [0.15, 0.2) is 0 Å². The monoisotopic (exact) mass is 749 g/mol. The Morgan fingerprint density at radius 1 is 0.632 bits per heavy atom. The maximum atomic E-state index is 10.6. The molecular formula is C51H51N5O. The van der Waals surface area contributed by atoms with E-state index in [1.165, 1.54) is 44.2 Å². The number of nitrogens with zero attached hydrogens (tertiary/aromatic N) is 5. The normalized spacial score (nSPS) is 22.1. The average Bonchev–Trinajstić information content (AvgIpc) is 3.93. The van der Waals surface area contributed by atoms with Gasteiger partial charge in [0.2, 0.25) is 0 Å². The topological polar surface area (TPSA) is 67.6 Å². The summed E-state index contributed by atoms with van der Waals surface area (Å²) in [6.45, 7) is 27.2. The molecule has 0 spiro atoms. The van der Waals surface area contributed by atoms with E-state index in [4.69, 9.17) is 14.7 Å². The summed E-state index contributed by atoms with van der Waals surface area (Å²) >= 11 is 0. The highest BCUT2D eigenvalue weighted by atomic mass is 16.5. The number of benzene rings is 4. The van der Waals surface area contributed by atoms with Crippen LogP contribution in [0, 0.1) is 22.2 Å². The summed E-state index contributed by atoms with van der Waals surface area (Å²) in [6, 6.07) is 25.4. The van der Waals surface area contributed by atoms with Gasteiger partial charge in [-0.05, 0) is 121 Å². The molecule has 0 saturated carbocycles. The van der Waals surface area contributed by atoms with Crippen LogP contribution in [0.5, 0.6) is 5.75 Å². The van der Waals surface area contributed by atoms with E-state index in [0.29, 0.717) is 5.56 Å². The minimum atomic E-state index is -0.162. The van der Waals surface area contributed by atoms with Gasteiger partial charge in [-0.1, -0.05) is 88.3 Å². The zero-order valence-electron chi connectivity index (χ0n) is 35.2. The summed E-state index contributed by atoms with van der Waals surface area (Å²) in [5.41, 5.74) is 14.4. The minimum Gasteiger partial charge on any atom is -0.493 e. The first kappa shape index (κ1) is 34.8. The summed E-state index contributed by atoms with van der Waals surface area (Å²) in [5.74, 6) is 1.00. The highest BCUT2D eigenvalue weighted by molar-refractivity contribution is 6.02. The van der Waals surface area contributed by atoms with E-state index in [-0.39, 0.29) is 32.5 Å². The Balaban J connectivity index is 1.02. The lowest BCUT2D eigenvalue weighted by atomic mass is 9.55. The fraction of sp³-hybridized carbons (Fsp3) is 0.392. The van der Waals surface area contributed by atoms with Gasteiger partial charge in [-0.3, -0.25) is 8.80 Å². The number of hydrogen-bond acceptors (Lipinski definition) is 4. The van der Waals surface area contributed by atoms with Crippen molar-refractivity contribution >= 4 is 54.9 Å². The van der Waals surface area contributed by atoms with Gasteiger partial charge in [0.1, 0.15) is 23.1 Å². The van der Waals surface area contributed by atoms with E-state index in [9.17, 15) is 5.26 Å². The molecule has 0 N–H and O–H groups in total. The summed E-state index contributed by atoms with van der Waals surface area (Å²) < 4.78 is 10.3. The SMILES string of the molecule is CC1(C)c2cc3nc4c5ccc(CC6(C)C(C)(C)c7cc8nc9c%10ccc%11c(c%10ccn9c8cc7C6(C)C)CCO%11)cc5c(C#N)cn4c3cc2C(C)(C)C1(C)C. The maximum absolute atomic E-state index is 10.6. The third kappa shape index (κ3) is 3.92. The molecule has 57 heavy (non-hydrogen) atoms. The average molecular weight is 750 g/mol. The fourth-order valence-corrected chi connectivity index (χ4v) is 11.9. The number of fused-ring (bicyclic) bond motifs is 14. The summed E-state index contributed by atoms with van der Waals surface area (Å²) in [4.78, 5) is 10.6. The number of pyridine rings is 2. The van der Waals surface area contributed by atoms with Crippen molar-refractivity contribution in [3.8, 4) is 11.8 Å². The molecular weight excluding hydrogens is 699 g/mol. The highest BCUT2D eigenvalue weighted by Crippen LogP contribution is 2.64. The lowest BCUT2D eigenvalue weighted by Gasteiger charge is -2.48. The number of aromatic nitrogens is 4. The van der Waals surface area contributed by atoms with Crippen molar-refractivity contribution in [3.63, 3.8) is 0 Å². The molecule has 286 valence electrons. The van der Waals surface area contributed by atoms with Crippen LogP contribution >= 0.6 is 0 Å². The van der Waals surface area contributed by atoms with Crippen molar-refractivity contribution in [2.45, 2.75) is 111 Å². The number of ether oxygens (including phenoxy) is 1. The van der Waals surface area contributed by atoms with Crippen LogP contribution < -0.4 is 4.74 Å². The van der Waals surface area contributed by atoms with Crippen LogP contribution in [0.1, 0.15) is 115 Å². The molecule has 0 radical (unpaired) electrons. The molecule has 5 heterocycles. The molecule has 6 nitrogen and oxygen atoms in total. The Morgan fingerprint density at radius 3 is 1.86 bits per heavy atom. The first-order chi connectivity index (χ1) is 26.8. The number of rotatable bonds is 2. The molecule has 8 aromatic rings. The molecule has 1 unspecified atom stereocenters. The lowest BCUT2D eigenvalue weighted by Crippen LogP contribution is -2.46. The molecule has 0 bridgehead atoms. The van der Waals surface area contributed by atoms with E-state index in [1.54, 1.807) is 0 Å². The zero-order chi connectivity index (χ0) is 40.0. The standard InChI is InChI=1S/C51H51N5O/c1-46(2)35-21-40-42(23-37(35)47(3,4)50(46,9)10)56-27-29(26-52)34-20-28(12-13-33(34)45(56)54-40)25-51(11)48(5,6)36-22-39-41(24-38(36)49(51,7)8)55-18-16-30-31-17-19-57-43(31)15-14-32(30)44(55)53-39/h12-16,18,20-24,27H,17,19,25H2,1-11H3. The third-order valence-electron chi connectivity index (χ3n) is 17.3. The molecule has 0 saturated heterocycles. The van der Waals surface area contributed by atoms with E-state index in [2.05, 4.69) is 158 Å². The van der Waals surface area contributed by atoms with Crippen LogP contribution in [0.3, 0.4) is 0 Å². The molecule has 2 aliphatic carbocycles. The lowest BCUT2D eigenvalue weighted by molar-refractivity contribution is 0.0998. The van der Waals surface area contributed by atoms with Crippen LogP contribution in [0.25, 0.3) is 54.9 Å². The first-order valence-corrected chi connectivity index (χ1v) is 20.7. The molecule has 0 fully saturated rings. The van der Waals surface area contributed by atoms with Gasteiger partial charge in [0.05, 0.1) is 34.2 Å².